The number of alkyl halides is 1. The van der Waals surface area contributed by atoms with Gasteiger partial charge in [0, 0.05) is 18.5 Å². The van der Waals surface area contributed by atoms with Gasteiger partial charge in [0.25, 0.3) is 0 Å². The fraction of sp³-hybridized carbons (Fsp3) is 0.308. The SMILES string of the molecule is CCCn1cc(Oc2cc(F)cc(CCl)c2)cn1. The van der Waals surface area contributed by atoms with E-state index >= 15 is 0 Å². The highest BCUT2D eigenvalue weighted by molar-refractivity contribution is 6.17. The largest absolute Gasteiger partial charge is 0.454 e. The third kappa shape index (κ3) is 3.23. The van der Waals surface area contributed by atoms with Crippen molar-refractivity contribution >= 4 is 11.6 Å². The summed E-state index contributed by atoms with van der Waals surface area (Å²) in [5.41, 5.74) is 0.688. The Kier molecular flexibility index (Phi) is 4.20. The third-order valence-electron chi connectivity index (χ3n) is 2.38. The zero-order valence-corrected chi connectivity index (χ0v) is 10.8. The first-order valence-electron chi connectivity index (χ1n) is 5.77. The van der Waals surface area contributed by atoms with E-state index in [2.05, 4.69) is 12.0 Å². The van der Waals surface area contributed by atoms with Gasteiger partial charge in [-0.25, -0.2) is 4.39 Å². The van der Waals surface area contributed by atoms with Crippen molar-refractivity contribution in [1.29, 1.82) is 0 Å². The van der Waals surface area contributed by atoms with Crippen molar-refractivity contribution in [2.24, 2.45) is 0 Å². The van der Waals surface area contributed by atoms with Gasteiger partial charge >= 0.3 is 0 Å². The van der Waals surface area contributed by atoms with Crippen LogP contribution in [0.5, 0.6) is 11.5 Å². The van der Waals surface area contributed by atoms with Crippen LogP contribution >= 0.6 is 11.6 Å². The zero-order chi connectivity index (χ0) is 13.0. The lowest BCUT2D eigenvalue weighted by atomic mass is 10.2. The van der Waals surface area contributed by atoms with Crippen molar-refractivity contribution in [3.05, 3.63) is 42.0 Å². The lowest BCUT2D eigenvalue weighted by Gasteiger charge is -2.04. The second-order valence-electron chi connectivity index (χ2n) is 3.97. The van der Waals surface area contributed by atoms with Crippen LogP contribution in [-0.2, 0) is 12.4 Å². The molecular weight excluding hydrogens is 255 g/mol. The molecule has 0 atom stereocenters. The van der Waals surface area contributed by atoms with Gasteiger partial charge in [-0.15, -0.1) is 11.6 Å². The molecule has 2 aromatic rings. The molecule has 0 amide bonds. The predicted octanol–water partition coefficient (Wildman–Crippen LogP) is 3.96. The van der Waals surface area contributed by atoms with E-state index < -0.39 is 0 Å². The molecule has 5 heteroatoms. The molecule has 0 spiro atoms. The molecule has 0 saturated heterocycles. The number of benzene rings is 1. The molecule has 1 heterocycles. The number of aromatic nitrogens is 2. The topological polar surface area (TPSA) is 27.1 Å². The van der Waals surface area contributed by atoms with Crippen LogP contribution in [-0.4, -0.2) is 9.78 Å². The number of hydrogen-bond acceptors (Lipinski definition) is 2. The van der Waals surface area contributed by atoms with Crippen LogP contribution in [0, 0.1) is 5.82 Å². The molecule has 18 heavy (non-hydrogen) atoms. The van der Waals surface area contributed by atoms with Gasteiger partial charge in [0.2, 0.25) is 0 Å². The molecule has 0 unspecified atom stereocenters. The van der Waals surface area contributed by atoms with E-state index in [0.29, 0.717) is 17.1 Å². The second-order valence-corrected chi connectivity index (χ2v) is 4.24. The highest BCUT2D eigenvalue weighted by atomic mass is 35.5. The van der Waals surface area contributed by atoms with Gasteiger partial charge in [0.05, 0.1) is 12.4 Å². The van der Waals surface area contributed by atoms with Crippen LogP contribution in [0.4, 0.5) is 4.39 Å². The van der Waals surface area contributed by atoms with E-state index in [4.69, 9.17) is 16.3 Å². The lowest BCUT2D eigenvalue weighted by Crippen LogP contribution is -1.95. The average Bonchev–Trinajstić information content (AvgIpc) is 2.76. The second kappa shape index (κ2) is 5.87. The van der Waals surface area contributed by atoms with Crippen molar-refractivity contribution in [3.8, 4) is 11.5 Å². The van der Waals surface area contributed by atoms with Crippen molar-refractivity contribution in [2.75, 3.05) is 0 Å². The summed E-state index contributed by atoms with van der Waals surface area (Å²) in [6.07, 6.45) is 4.40. The van der Waals surface area contributed by atoms with Gasteiger partial charge < -0.3 is 4.74 Å². The summed E-state index contributed by atoms with van der Waals surface area (Å²) in [5.74, 6) is 0.920. The Labute approximate surface area is 110 Å². The molecule has 0 aliphatic carbocycles. The minimum Gasteiger partial charge on any atom is -0.454 e. The van der Waals surface area contributed by atoms with Gasteiger partial charge in [0.15, 0.2) is 5.75 Å². The maximum atomic E-state index is 13.3. The smallest absolute Gasteiger partial charge is 0.165 e. The average molecular weight is 269 g/mol. The number of nitrogens with zero attached hydrogens (tertiary/aromatic N) is 2. The minimum absolute atomic E-state index is 0.253. The van der Waals surface area contributed by atoms with Crippen molar-refractivity contribution in [2.45, 2.75) is 25.8 Å². The molecule has 1 aromatic carbocycles. The summed E-state index contributed by atoms with van der Waals surface area (Å²) in [7, 11) is 0. The third-order valence-corrected chi connectivity index (χ3v) is 2.69. The summed E-state index contributed by atoms with van der Waals surface area (Å²) < 4.78 is 20.6. The number of rotatable bonds is 5. The summed E-state index contributed by atoms with van der Waals surface area (Å²) in [4.78, 5) is 0. The van der Waals surface area contributed by atoms with Gasteiger partial charge in [-0.05, 0) is 24.1 Å². The van der Waals surface area contributed by atoms with Gasteiger partial charge in [0.1, 0.15) is 11.6 Å². The zero-order valence-electron chi connectivity index (χ0n) is 10.1. The van der Waals surface area contributed by atoms with E-state index in [0.717, 1.165) is 13.0 Å². The minimum atomic E-state index is -0.357. The quantitative estimate of drug-likeness (QED) is 0.768. The fourth-order valence-corrected chi connectivity index (χ4v) is 1.80. The number of hydrogen-bond donors (Lipinski definition) is 0. The van der Waals surface area contributed by atoms with Crippen LogP contribution in [0.15, 0.2) is 30.6 Å². The van der Waals surface area contributed by atoms with E-state index in [1.165, 1.54) is 12.1 Å². The molecular formula is C13H14ClFN2O. The molecule has 1 aromatic heterocycles. The molecule has 2 rings (SSSR count). The van der Waals surface area contributed by atoms with E-state index in [-0.39, 0.29) is 11.7 Å². The van der Waals surface area contributed by atoms with Crippen molar-refractivity contribution in [1.82, 2.24) is 9.78 Å². The molecule has 0 fully saturated rings. The Morgan fingerprint density at radius 2 is 2.17 bits per heavy atom. The Balaban J connectivity index is 2.14. The van der Waals surface area contributed by atoms with Crippen LogP contribution in [0.2, 0.25) is 0 Å². The summed E-state index contributed by atoms with van der Waals surface area (Å²) >= 11 is 5.68. The number of aryl methyl sites for hydroxylation is 1. The van der Waals surface area contributed by atoms with Crippen LogP contribution < -0.4 is 4.74 Å². The summed E-state index contributed by atoms with van der Waals surface area (Å²) in [6, 6.07) is 4.43. The van der Waals surface area contributed by atoms with Gasteiger partial charge in [-0.3, -0.25) is 4.68 Å². The maximum absolute atomic E-state index is 13.3. The van der Waals surface area contributed by atoms with Gasteiger partial charge in [-0.1, -0.05) is 6.92 Å². The van der Waals surface area contributed by atoms with Crippen LogP contribution in [0.3, 0.4) is 0 Å². The number of ether oxygens (including phenoxy) is 1. The van der Waals surface area contributed by atoms with Gasteiger partial charge in [-0.2, -0.15) is 5.10 Å². The maximum Gasteiger partial charge on any atom is 0.165 e. The molecule has 0 aliphatic heterocycles. The monoisotopic (exact) mass is 268 g/mol. The molecule has 96 valence electrons. The van der Waals surface area contributed by atoms with E-state index in [9.17, 15) is 4.39 Å². The first kappa shape index (κ1) is 12.9. The molecule has 0 radical (unpaired) electrons. The van der Waals surface area contributed by atoms with E-state index in [1.807, 2.05) is 0 Å². The van der Waals surface area contributed by atoms with Crippen molar-refractivity contribution in [3.63, 3.8) is 0 Å². The molecule has 0 N–H and O–H groups in total. The normalized spacial score (nSPS) is 10.6. The highest BCUT2D eigenvalue weighted by Crippen LogP contribution is 2.24. The molecule has 3 nitrogen and oxygen atoms in total. The Morgan fingerprint density at radius 3 is 2.89 bits per heavy atom. The Bertz CT molecular complexity index is 527. The standard InChI is InChI=1S/C13H14ClFN2O/c1-2-3-17-9-13(8-16-17)18-12-5-10(7-14)4-11(15)6-12/h4-6,8-9H,2-3,7H2,1H3. The highest BCUT2D eigenvalue weighted by Gasteiger charge is 2.04. The lowest BCUT2D eigenvalue weighted by molar-refractivity contribution is 0.474. The summed E-state index contributed by atoms with van der Waals surface area (Å²) in [5, 5.41) is 4.14. The first-order valence-corrected chi connectivity index (χ1v) is 6.30. The predicted molar refractivity (Wildman–Crippen MR) is 68.5 cm³/mol. The van der Waals surface area contributed by atoms with Crippen LogP contribution in [0.1, 0.15) is 18.9 Å². The molecule has 0 saturated carbocycles. The molecule has 0 aliphatic rings. The number of halogens is 2. The molecule has 0 bridgehead atoms. The Morgan fingerprint density at radius 1 is 1.33 bits per heavy atom. The van der Waals surface area contributed by atoms with E-state index in [1.54, 1.807) is 23.1 Å². The van der Waals surface area contributed by atoms with Crippen LogP contribution in [0.25, 0.3) is 0 Å². The first-order chi connectivity index (χ1) is 8.71. The van der Waals surface area contributed by atoms with Crippen molar-refractivity contribution < 1.29 is 9.13 Å². The summed E-state index contributed by atoms with van der Waals surface area (Å²) in [6.45, 7) is 2.90. The Hall–Kier alpha value is -1.55. The fourth-order valence-electron chi connectivity index (χ4n) is 1.64.